The molecule has 3 saturated carbocycles. The zero-order valence-corrected chi connectivity index (χ0v) is 6.69. The SMILES string of the molecule is N#CC12CCC([NH])(CC1)CC2. The highest BCUT2D eigenvalue weighted by molar-refractivity contribution is 5.10. The smallest absolute Gasteiger partial charge is 0.0689 e. The molecule has 2 heteroatoms. The minimum Gasteiger partial charge on any atom is -0.251 e. The molecule has 0 saturated heterocycles. The quantitative estimate of drug-likeness (QED) is 0.518. The molecule has 2 nitrogen and oxygen atoms in total. The van der Waals surface area contributed by atoms with Gasteiger partial charge in [-0.05, 0) is 38.5 Å². The van der Waals surface area contributed by atoms with E-state index in [9.17, 15) is 0 Å². The van der Waals surface area contributed by atoms with Crippen molar-refractivity contribution < 1.29 is 0 Å². The summed E-state index contributed by atoms with van der Waals surface area (Å²) in [4.78, 5) is 0. The number of nitrogens with one attached hydrogen (secondary N) is 1. The Kier molecular flexibility index (Phi) is 1.28. The Morgan fingerprint density at radius 3 is 1.82 bits per heavy atom. The third-order valence-electron chi connectivity index (χ3n) is 3.48. The van der Waals surface area contributed by atoms with E-state index in [4.69, 9.17) is 11.0 Å². The lowest BCUT2D eigenvalue weighted by Gasteiger charge is -2.47. The molecule has 3 aliphatic rings. The summed E-state index contributed by atoms with van der Waals surface area (Å²) >= 11 is 0. The molecule has 0 atom stereocenters. The Bertz CT molecular complexity index is 190. The molecule has 11 heavy (non-hydrogen) atoms. The Morgan fingerprint density at radius 2 is 1.45 bits per heavy atom. The average molecular weight is 149 g/mol. The van der Waals surface area contributed by atoms with Gasteiger partial charge in [0.1, 0.15) is 0 Å². The first-order valence-corrected chi connectivity index (χ1v) is 4.34. The molecule has 3 aliphatic carbocycles. The molecule has 1 N–H and O–H groups in total. The van der Waals surface area contributed by atoms with E-state index in [1.54, 1.807) is 0 Å². The van der Waals surface area contributed by atoms with E-state index >= 15 is 0 Å². The Balaban J connectivity index is 2.20. The van der Waals surface area contributed by atoms with E-state index in [-0.39, 0.29) is 11.0 Å². The van der Waals surface area contributed by atoms with Gasteiger partial charge in [-0.1, -0.05) is 0 Å². The lowest BCUT2D eigenvalue weighted by molar-refractivity contribution is 0.0853. The van der Waals surface area contributed by atoms with Crippen LogP contribution in [-0.4, -0.2) is 5.54 Å². The van der Waals surface area contributed by atoms with Gasteiger partial charge in [0.15, 0.2) is 0 Å². The molecular formula is C9H13N2. The van der Waals surface area contributed by atoms with Crippen molar-refractivity contribution in [1.82, 2.24) is 5.73 Å². The summed E-state index contributed by atoms with van der Waals surface area (Å²) in [6.07, 6.45) is 5.81. The van der Waals surface area contributed by atoms with Crippen LogP contribution in [0, 0.1) is 16.7 Å². The van der Waals surface area contributed by atoms with Gasteiger partial charge < -0.3 is 0 Å². The summed E-state index contributed by atoms with van der Waals surface area (Å²) in [6, 6.07) is 2.44. The largest absolute Gasteiger partial charge is 0.251 e. The number of nitrogens with zero attached hydrogens (tertiary/aromatic N) is 1. The fraction of sp³-hybridized carbons (Fsp3) is 0.889. The Morgan fingerprint density at radius 1 is 1.00 bits per heavy atom. The summed E-state index contributed by atoms with van der Waals surface area (Å²) in [5, 5.41) is 8.94. The third kappa shape index (κ3) is 0.954. The number of hydrogen-bond acceptors (Lipinski definition) is 1. The second kappa shape index (κ2) is 1.98. The highest BCUT2D eigenvalue weighted by atomic mass is 14.8. The molecule has 0 aliphatic heterocycles. The molecule has 0 unspecified atom stereocenters. The zero-order chi connectivity index (χ0) is 7.95. The summed E-state index contributed by atoms with van der Waals surface area (Å²) in [7, 11) is 0. The highest BCUT2D eigenvalue weighted by Gasteiger charge is 2.47. The lowest BCUT2D eigenvalue weighted by atomic mass is 9.58. The third-order valence-corrected chi connectivity index (χ3v) is 3.48. The molecule has 0 aromatic carbocycles. The Labute approximate surface area is 67.4 Å². The van der Waals surface area contributed by atoms with E-state index in [2.05, 4.69) is 6.07 Å². The van der Waals surface area contributed by atoms with Crippen molar-refractivity contribution >= 4 is 0 Å². The van der Waals surface area contributed by atoms with Crippen molar-refractivity contribution in [2.75, 3.05) is 0 Å². The summed E-state index contributed by atoms with van der Waals surface area (Å²) in [6.45, 7) is 0. The maximum absolute atomic E-state index is 8.94. The molecule has 2 bridgehead atoms. The van der Waals surface area contributed by atoms with Crippen LogP contribution in [-0.2, 0) is 0 Å². The van der Waals surface area contributed by atoms with E-state index < -0.39 is 0 Å². The van der Waals surface area contributed by atoms with E-state index in [0.717, 1.165) is 38.5 Å². The van der Waals surface area contributed by atoms with Gasteiger partial charge in [0.25, 0.3) is 0 Å². The fourth-order valence-electron chi connectivity index (χ4n) is 2.35. The van der Waals surface area contributed by atoms with Crippen LogP contribution in [0.25, 0.3) is 0 Å². The zero-order valence-electron chi connectivity index (χ0n) is 6.69. The molecule has 0 spiro atoms. The number of fused-ring (bicyclic) bond motifs is 3. The van der Waals surface area contributed by atoms with Crippen molar-refractivity contribution in [2.45, 2.75) is 44.1 Å². The molecule has 0 aromatic heterocycles. The molecule has 1 radical (unpaired) electrons. The summed E-state index contributed by atoms with van der Waals surface area (Å²) in [5.41, 5.74) is 7.81. The van der Waals surface area contributed by atoms with Crippen LogP contribution in [0.1, 0.15) is 38.5 Å². The standard InChI is InChI=1S/C9H13N2/c10-7-8-1-4-9(11,5-2-8)6-3-8/h11H,1-6H2. The van der Waals surface area contributed by atoms with Gasteiger partial charge >= 0.3 is 0 Å². The average Bonchev–Trinajstić information content (AvgIpc) is 2.07. The van der Waals surface area contributed by atoms with Gasteiger partial charge in [0.2, 0.25) is 0 Å². The summed E-state index contributed by atoms with van der Waals surface area (Å²) < 4.78 is 0. The predicted molar refractivity (Wildman–Crippen MR) is 41.6 cm³/mol. The van der Waals surface area contributed by atoms with E-state index in [1.807, 2.05) is 0 Å². The lowest BCUT2D eigenvalue weighted by Crippen LogP contribution is -2.46. The number of rotatable bonds is 0. The maximum Gasteiger partial charge on any atom is 0.0689 e. The van der Waals surface area contributed by atoms with Crippen LogP contribution in [0.4, 0.5) is 0 Å². The first-order chi connectivity index (χ1) is 5.18. The van der Waals surface area contributed by atoms with Crippen LogP contribution in [0.2, 0.25) is 0 Å². The van der Waals surface area contributed by atoms with E-state index in [1.165, 1.54) is 0 Å². The predicted octanol–water partition coefficient (Wildman–Crippen LogP) is 1.89. The van der Waals surface area contributed by atoms with Gasteiger partial charge in [0, 0.05) is 5.54 Å². The molecule has 0 amide bonds. The molecule has 0 aromatic rings. The minimum absolute atomic E-state index is 0.0111. The number of hydrogen-bond donors (Lipinski definition) is 0. The van der Waals surface area contributed by atoms with Gasteiger partial charge in [-0.25, -0.2) is 0 Å². The monoisotopic (exact) mass is 149 g/mol. The van der Waals surface area contributed by atoms with Gasteiger partial charge in [0.05, 0.1) is 11.5 Å². The normalized spacial score (nSPS) is 48.7. The van der Waals surface area contributed by atoms with Gasteiger partial charge in [-0.3, -0.25) is 5.73 Å². The van der Waals surface area contributed by atoms with Crippen LogP contribution >= 0.6 is 0 Å². The number of nitriles is 1. The molecule has 0 heterocycles. The molecule has 3 rings (SSSR count). The summed E-state index contributed by atoms with van der Waals surface area (Å²) in [5.74, 6) is 0. The topological polar surface area (TPSA) is 47.6 Å². The molecule has 3 fully saturated rings. The van der Waals surface area contributed by atoms with Crippen molar-refractivity contribution in [2.24, 2.45) is 5.41 Å². The molecule has 59 valence electrons. The van der Waals surface area contributed by atoms with Gasteiger partial charge in [-0.2, -0.15) is 5.26 Å². The Hall–Kier alpha value is -0.550. The van der Waals surface area contributed by atoms with Crippen molar-refractivity contribution in [1.29, 1.82) is 5.26 Å². The van der Waals surface area contributed by atoms with Crippen LogP contribution in [0.5, 0.6) is 0 Å². The van der Waals surface area contributed by atoms with Crippen LogP contribution in [0.3, 0.4) is 0 Å². The second-order valence-electron chi connectivity index (χ2n) is 4.17. The first-order valence-electron chi connectivity index (χ1n) is 4.34. The van der Waals surface area contributed by atoms with Crippen LogP contribution in [0.15, 0.2) is 0 Å². The van der Waals surface area contributed by atoms with Gasteiger partial charge in [-0.15, -0.1) is 0 Å². The van der Waals surface area contributed by atoms with Crippen LogP contribution < -0.4 is 5.73 Å². The van der Waals surface area contributed by atoms with E-state index in [0.29, 0.717) is 0 Å². The fourth-order valence-corrected chi connectivity index (χ4v) is 2.35. The van der Waals surface area contributed by atoms with Crippen molar-refractivity contribution in [3.05, 3.63) is 0 Å². The van der Waals surface area contributed by atoms with Crippen molar-refractivity contribution in [3.63, 3.8) is 0 Å². The maximum atomic E-state index is 8.94. The molecular weight excluding hydrogens is 136 g/mol. The second-order valence-corrected chi connectivity index (χ2v) is 4.17. The first kappa shape index (κ1) is 7.12. The minimum atomic E-state index is -0.140. The highest BCUT2D eigenvalue weighted by Crippen LogP contribution is 2.51. The van der Waals surface area contributed by atoms with Crippen molar-refractivity contribution in [3.8, 4) is 6.07 Å².